The second-order valence-corrected chi connectivity index (χ2v) is 9.34. The molecule has 0 saturated heterocycles. The lowest BCUT2D eigenvalue weighted by atomic mass is 10.1. The number of nitrogens with zero attached hydrogens (tertiary/aromatic N) is 1. The minimum absolute atomic E-state index is 0.138. The fraction of sp³-hybridized carbons (Fsp3) is 0.552. The van der Waals surface area contributed by atoms with Crippen LogP contribution in [0.2, 0.25) is 0 Å². The quantitative estimate of drug-likeness (QED) is 0.168. The van der Waals surface area contributed by atoms with Crippen LogP contribution in [0.1, 0.15) is 86.0 Å². The van der Waals surface area contributed by atoms with Crippen LogP contribution in [-0.4, -0.2) is 17.8 Å². The van der Waals surface area contributed by atoms with Crippen molar-refractivity contribution in [2.24, 2.45) is 0 Å². The van der Waals surface area contributed by atoms with Crippen LogP contribution < -0.4 is 20.8 Å². The molecular formula is C29H44N2O3. The molecule has 0 bridgehead atoms. The Morgan fingerprint density at radius 3 is 2.44 bits per heavy atom. The van der Waals surface area contributed by atoms with Crippen molar-refractivity contribution in [1.29, 1.82) is 0 Å². The van der Waals surface area contributed by atoms with Crippen molar-refractivity contribution in [3.8, 4) is 11.5 Å². The zero-order valence-electron chi connectivity index (χ0n) is 21.9. The maximum atomic E-state index is 13.5. The molecule has 5 heteroatoms. The van der Waals surface area contributed by atoms with Gasteiger partial charge in [0.25, 0.3) is 5.56 Å². The number of fused-ring (bicyclic) bond motifs is 1. The van der Waals surface area contributed by atoms with Gasteiger partial charge in [0.05, 0.1) is 12.1 Å². The van der Waals surface area contributed by atoms with Gasteiger partial charge in [-0.25, -0.2) is 0 Å². The van der Waals surface area contributed by atoms with Crippen molar-refractivity contribution in [3.05, 3.63) is 51.9 Å². The van der Waals surface area contributed by atoms with Gasteiger partial charge >= 0.3 is 0 Å². The van der Waals surface area contributed by atoms with Crippen molar-refractivity contribution < 1.29 is 9.47 Å². The molecule has 1 aromatic heterocycles. The molecule has 0 saturated carbocycles. The highest BCUT2D eigenvalue weighted by Crippen LogP contribution is 2.34. The van der Waals surface area contributed by atoms with E-state index in [1.54, 1.807) is 4.57 Å². The molecule has 0 atom stereocenters. The zero-order valence-corrected chi connectivity index (χ0v) is 21.9. The average Bonchev–Trinajstić information content (AvgIpc) is 2.79. The highest BCUT2D eigenvalue weighted by molar-refractivity contribution is 5.90. The van der Waals surface area contributed by atoms with Gasteiger partial charge in [0.2, 0.25) is 5.75 Å². The summed E-state index contributed by atoms with van der Waals surface area (Å²) in [7, 11) is 0. The summed E-state index contributed by atoms with van der Waals surface area (Å²) < 4.78 is 14.1. The Bertz CT molecular complexity index is 1030. The molecule has 0 aliphatic rings. The maximum absolute atomic E-state index is 13.5. The lowest BCUT2D eigenvalue weighted by molar-refractivity contribution is 0.272. The van der Waals surface area contributed by atoms with Crippen LogP contribution in [-0.2, 0) is 6.54 Å². The number of benzene rings is 1. The third-order valence-electron chi connectivity index (χ3n) is 5.93. The van der Waals surface area contributed by atoms with E-state index in [-0.39, 0.29) is 5.56 Å². The van der Waals surface area contributed by atoms with Gasteiger partial charge < -0.3 is 19.8 Å². The van der Waals surface area contributed by atoms with E-state index >= 15 is 0 Å². The van der Waals surface area contributed by atoms with Crippen LogP contribution in [0.3, 0.4) is 0 Å². The minimum atomic E-state index is -0.138. The molecule has 1 aromatic carbocycles. The summed E-state index contributed by atoms with van der Waals surface area (Å²) in [4.78, 5) is 13.5. The predicted octanol–water partition coefficient (Wildman–Crippen LogP) is 7.41. The van der Waals surface area contributed by atoms with Crippen molar-refractivity contribution >= 4 is 16.6 Å². The van der Waals surface area contributed by atoms with E-state index in [0.717, 1.165) is 55.8 Å². The van der Waals surface area contributed by atoms with E-state index in [1.807, 2.05) is 18.2 Å². The van der Waals surface area contributed by atoms with Crippen LogP contribution in [0.15, 0.2) is 46.3 Å². The van der Waals surface area contributed by atoms with Crippen molar-refractivity contribution in [3.63, 3.8) is 0 Å². The van der Waals surface area contributed by atoms with Crippen LogP contribution in [0.4, 0.5) is 5.69 Å². The molecule has 34 heavy (non-hydrogen) atoms. The van der Waals surface area contributed by atoms with Crippen molar-refractivity contribution in [2.75, 3.05) is 18.9 Å². The Hall–Kier alpha value is -2.69. The fourth-order valence-electron chi connectivity index (χ4n) is 3.89. The van der Waals surface area contributed by atoms with E-state index in [2.05, 4.69) is 46.8 Å². The average molecular weight is 469 g/mol. The van der Waals surface area contributed by atoms with Gasteiger partial charge in [-0.2, -0.15) is 0 Å². The summed E-state index contributed by atoms with van der Waals surface area (Å²) in [5, 5.41) is 0.865. The number of nitrogen functional groups attached to an aromatic ring is 1. The molecule has 0 unspecified atom stereocenters. The predicted molar refractivity (Wildman–Crippen MR) is 145 cm³/mol. The Kier molecular flexibility index (Phi) is 11.8. The molecule has 0 fully saturated rings. The third kappa shape index (κ3) is 8.27. The van der Waals surface area contributed by atoms with Gasteiger partial charge in [0.15, 0.2) is 5.75 Å². The fourth-order valence-corrected chi connectivity index (χ4v) is 3.89. The number of aromatic nitrogens is 1. The molecule has 0 aliphatic carbocycles. The summed E-state index contributed by atoms with van der Waals surface area (Å²) in [6.45, 7) is 12.2. The van der Waals surface area contributed by atoms with E-state index < -0.39 is 0 Å². The molecule has 0 amide bonds. The standard InChI is InChI=1S/C29H44N2O3/c1-6-8-10-11-19-33-28-27(34-20-17-23(5)14-12-13-22(3)4)25-16-15-24(30)21-26(25)31(29(28)32)18-9-7-2/h13,15-17,21H,6-12,14,18-20,30H2,1-5H3/b23-17+. The van der Waals surface area contributed by atoms with Gasteiger partial charge in [-0.3, -0.25) is 4.79 Å². The molecule has 0 spiro atoms. The van der Waals surface area contributed by atoms with E-state index in [9.17, 15) is 4.79 Å². The lowest BCUT2D eigenvalue weighted by Gasteiger charge is -2.19. The number of hydrogen-bond donors (Lipinski definition) is 1. The van der Waals surface area contributed by atoms with Gasteiger partial charge in [0, 0.05) is 17.6 Å². The summed E-state index contributed by atoms with van der Waals surface area (Å²) in [6.07, 6.45) is 12.6. The van der Waals surface area contributed by atoms with Gasteiger partial charge in [-0.1, -0.05) is 56.8 Å². The highest BCUT2D eigenvalue weighted by Gasteiger charge is 2.20. The van der Waals surface area contributed by atoms with E-state index in [1.165, 1.54) is 17.6 Å². The third-order valence-corrected chi connectivity index (χ3v) is 5.93. The molecule has 5 nitrogen and oxygen atoms in total. The summed E-state index contributed by atoms with van der Waals surface area (Å²) in [6, 6.07) is 5.66. The van der Waals surface area contributed by atoms with Gasteiger partial charge in [-0.05, 0) is 70.7 Å². The molecule has 0 radical (unpaired) electrons. The number of nitrogens with two attached hydrogens (primary N) is 1. The summed E-state index contributed by atoms with van der Waals surface area (Å²) >= 11 is 0. The lowest BCUT2D eigenvalue weighted by Crippen LogP contribution is -2.24. The Morgan fingerprint density at radius 1 is 0.971 bits per heavy atom. The normalized spacial score (nSPS) is 11.6. The Morgan fingerprint density at radius 2 is 1.74 bits per heavy atom. The zero-order chi connectivity index (χ0) is 24.9. The van der Waals surface area contributed by atoms with Crippen molar-refractivity contribution in [2.45, 2.75) is 92.5 Å². The number of hydrogen-bond acceptors (Lipinski definition) is 4. The first-order valence-corrected chi connectivity index (χ1v) is 12.9. The first-order chi connectivity index (χ1) is 16.4. The second kappa shape index (κ2) is 14.5. The number of allylic oxidation sites excluding steroid dienone is 3. The van der Waals surface area contributed by atoms with E-state index in [4.69, 9.17) is 15.2 Å². The second-order valence-electron chi connectivity index (χ2n) is 9.34. The molecule has 188 valence electrons. The molecule has 2 rings (SSSR count). The van der Waals surface area contributed by atoms with Crippen LogP contribution in [0.5, 0.6) is 11.5 Å². The molecule has 0 aliphatic heterocycles. The first-order valence-electron chi connectivity index (χ1n) is 12.9. The topological polar surface area (TPSA) is 66.5 Å². The van der Waals surface area contributed by atoms with Crippen molar-refractivity contribution in [1.82, 2.24) is 4.57 Å². The van der Waals surface area contributed by atoms with Crippen LogP contribution >= 0.6 is 0 Å². The number of unbranched alkanes of at least 4 members (excludes halogenated alkanes) is 4. The molecule has 1 heterocycles. The number of ether oxygens (including phenoxy) is 2. The molecule has 2 N–H and O–H groups in total. The van der Waals surface area contributed by atoms with Crippen LogP contribution in [0.25, 0.3) is 10.9 Å². The molecule has 2 aromatic rings. The number of anilines is 1. The number of aryl methyl sites for hydroxylation is 1. The number of rotatable bonds is 15. The van der Waals surface area contributed by atoms with Crippen LogP contribution in [0, 0.1) is 0 Å². The van der Waals surface area contributed by atoms with E-state index in [0.29, 0.717) is 36.9 Å². The monoisotopic (exact) mass is 468 g/mol. The Balaban J connectivity index is 2.39. The Labute approximate surface area is 205 Å². The maximum Gasteiger partial charge on any atom is 0.297 e. The minimum Gasteiger partial charge on any atom is -0.485 e. The SMILES string of the molecule is CCCCCCOc1c(OC/C=C(\C)CCC=C(C)C)c2ccc(N)cc2n(CCCC)c1=O. The summed E-state index contributed by atoms with van der Waals surface area (Å²) in [5.74, 6) is 0.844. The highest BCUT2D eigenvalue weighted by atomic mass is 16.5. The smallest absolute Gasteiger partial charge is 0.297 e. The first kappa shape index (κ1) is 27.6. The number of pyridine rings is 1. The van der Waals surface area contributed by atoms with Gasteiger partial charge in [0.1, 0.15) is 6.61 Å². The van der Waals surface area contributed by atoms with Gasteiger partial charge in [-0.15, -0.1) is 0 Å². The molecular weight excluding hydrogens is 424 g/mol. The summed E-state index contributed by atoms with van der Waals surface area (Å²) in [5.41, 5.74) is 9.99. The largest absolute Gasteiger partial charge is 0.485 e.